The Kier molecular flexibility index (Phi) is 3.03. The number of unbranched alkanes of at least 4 members (excludes halogenated alkanes) is 2. The third-order valence-corrected chi connectivity index (χ3v) is 2.22. The highest BCUT2D eigenvalue weighted by Gasteiger charge is 2.46. The van der Waals surface area contributed by atoms with Crippen LogP contribution in [0.15, 0.2) is 0 Å². The highest BCUT2D eigenvalue weighted by molar-refractivity contribution is 5.99. The van der Waals surface area contributed by atoms with Crippen LogP contribution in [0.4, 0.5) is 0 Å². The van der Waals surface area contributed by atoms with Gasteiger partial charge in [0.25, 0.3) is 0 Å². The lowest BCUT2D eigenvalue weighted by molar-refractivity contribution is -0.159. The van der Waals surface area contributed by atoms with Gasteiger partial charge in [0.2, 0.25) is 0 Å². The average Bonchev–Trinajstić information content (AvgIpc) is 2.27. The molecule has 1 saturated heterocycles. The van der Waals surface area contributed by atoms with Gasteiger partial charge in [0.05, 0.1) is 6.42 Å². The molecule has 0 spiro atoms. The van der Waals surface area contributed by atoms with Gasteiger partial charge in [-0.15, -0.1) is 0 Å². The molecule has 1 atom stereocenters. The van der Waals surface area contributed by atoms with Crippen molar-refractivity contribution in [2.45, 2.75) is 44.6 Å². The first-order chi connectivity index (χ1) is 6.08. The first kappa shape index (κ1) is 10.2. The van der Waals surface area contributed by atoms with Crippen LogP contribution in [0.2, 0.25) is 0 Å². The molecule has 0 aromatic rings. The van der Waals surface area contributed by atoms with E-state index in [1.165, 1.54) is 0 Å². The number of ether oxygens (including phenoxy) is 1. The molecule has 0 aromatic carbocycles. The monoisotopic (exact) mass is 186 g/mol. The van der Waals surface area contributed by atoms with Gasteiger partial charge in [0, 0.05) is 0 Å². The highest BCUT2D eigenvalue weighted by Crippen LogP contribution is 2.26. The summed E-state index contributed by atoms with van der Waals surface area (Å²) in [5, 5.41) is 9.66. The smallest absolute Gasteiger partial charge is 0.346 e. The molecule has 1 aliphatic heterocycles. The van der Waals surface area contributed by atoms with Crippen molar-refractivity contribution in [3.63, 3.8) is 0 Å². The Hall–Kier alpha value is -0.900. The molecule has 1 N–H and O–H groups in total. The van der Waals surface area contributed by atoms with Gasteiger partial charge in [-0.25, -0.2) is 4.79 Å². The number of carbonyl (C=O) groups excluding carboxylic acids is 2. The molecule has 4 heteroatoms. The fourth-order valence-electron chi connectivity index (χ4n) is 1.40. The van der Waals surface area contributed by atoms with E-state index in [0.717, 1.165) is 19.3 Å². The number of carbonyl (C=O) groups is 2. The van der Waals surface area contributed by atoms with Gasteiger partial charge in [-0.1, -0.05) is 19.8 Å². The number of hydrogen-bond donors (Lipinski definition) is 1. The molecule has 1 rings (SSSR count). The van der Waals surface area contributed by atoms with E-state index in [9.17, 15) is 14.7 Å². The number of aliphatic hydroxyl groups is 1. The van der Waals surface area contributed by atoms with Crippen LogP contribution >= 0.6 is 0 Å². The second-order valence-corrected chi connectivity index (χ2v) is 3.43. The van der Waals surface area contributed by atoms with Crippen molar-refractivity contribution in [1.82, 2.24) is 0 Å². The van der Waals surface area contributed by atoms with Gasteiger partial charge >= 0.3 is 11.9 Å². The lowest BCUT2D eigenvalue weighted by Crippen LogP contribution is -2.33. The second-order valence-electron chi connectivity index (χ2n) is 3.43. The number of cyclic esters (lactones) is 2. The van der Waals surface area contributed by atoms with Gasteiger partial charge in [-0.2, -0.15) is 0 Å². The fraction of sp³-hybridized carbons (Fsp3) is 0.778. The normalized spacial score (nSPS) is 27.8. The second kappa shape index (κ2) is 3.87. The van der Waals surface area contributed by atoms with Crippen molar-refractivity contribution < 1.29 is 19.4 Å². The van der Waals surface area contributed by atoms with E-state index in [1.54, 1.807) is 0 Å². The van der Waals surface area contributed by atoms with Crippen molar-refractivity contribution in [3.05, 3.63) is 0 Å². The minimum Gasteiger partial charge on any atom is -0.391 e. The van der Waals surface area contributed by atoms with Crippen LogP contribution in [0.3, 0.4) is 0 Å². The van der Waals surface area contributed by atoms with E-state index in [-0.39, 0.29) is 6.42 Å². The molecule has 0 unspecified atom stereocenters. The van der Waals surface area contributed by atoms with Crippen molar-refractivity contribution in [2.75, 3.05) is 0 Å². The maximum Gasteiger partial charge on any atom is 0.346 e. The summed E-state index contributed by atoms with van der Waals surface area (Å²) < 4.78 is 4.28. The Morgan fingerprint density at radius 1 is 1.46 bits per heavy atom. The standard InChI is InChI=1S/C9H14O4/c1-2-3-4-5-9(12)6-7(10)13-8(9)11/h12H,2-6H2,1H3/t9-/m1/s1. The van der Waals surface area contributed by atoms with Crippen LogP contribution in [0, 0.1) is 0 Å². The molecule has 13 heavy (non-hydrogen) atoms. The lowest BCUT2D eigenvalue weighted by atomic mass is 9.95. The SMILES string of the molecule is CCCCC[C@@]1(O)CC(=O)OC1=O. The molecule has 1 fully saturated rings. The number of rotatable bonds is 4. The molecule has 0 saturated carbocycles. The molecule has 0 amide bonds. The molecule has 1 heterocycles. The Morgan fingerprint density at radius 3 is 2.62 bits per heavy atom. The van der Waals surface area contributed by atoms with E-state index >= 15 is 0 Å². The Labute approximate surface area is 76.9 Å². The summed E-state index contributed by atoms with van der Waals surface area (Å²) in [7, 11) is 0. The maximum absolute atomic E-state index is 11.0. The van der Waals surface area contributed by atoms with Gasteiger partial charge in [-0.05, 0) is 12.8 Å². The molecule has 0 radical (unpaired) electrons. The Bertz CT molecular complexity index is 224. The summed E-state index contributed by atoms with van der Waals surface area (Å²) in [6, 6.07) is 0. The fourth-order valence-corrected chi connectivity index (χ4v) is 1.40. The molecule has 1 aliphatic rings. The van der Waals surface area contributed by atoms with Crippen LogP contribution in [0.5, 0.6) is 0 Å². The maximum atomic E-state index is 11.0. The van der Waals surface area contributed by atoms with Crippen LogP contribution in [0.25, 0.3) is 0 Å². The summed E-state index contributed by atoms with van der Waals surface area (Å²) >= 11 is 0. The van der Waals surface area contributed by atoms with Crippen molar-refractivity contribution >= 4 is 11.9 Å². The van der Waals surface area contributed by atoms with Gasteiger partial charge in [-0.3, -0.25) is 4.79 Å². The summed E-state index contributed by atoms with van der Waals surface area (Å²) in [5.74, 6) is -1.40. The summed E-state index contributed by atoms with van der Waals surface area (Å²) in [6.07, 6.45) is 2.85. The first-order valence-electron chi connectivity index (χ1n) is 4.56. The molecule has 4 nitrogen and oxygen atoms in total. The van der Waals surface area contributed by atoms with Crippen molar-refractivity contribution in [2.24, 2.45) is 0 Å². The topological polar surface area (TPSA) is 63.6 Å². The predicted octanol–water partition coefficient (Wildman–Crippen LogP) is 0.771. The molecular formula is C9H14O4. The first-order valence-corrected chi connectivity index (χ1v) is 4.56. The summed E-state index contributed by atoms with van der Waals surface area (Å²) in [6.45, 7) is 2.03. The molecule has 0 bridgehead atoms. The van der Waals surface area contributed by atoms with E-state index < -0.39 is 17.5 Å². The summed E-state index contributed by atoms with van der Waals surface area (Å²) in [5.41, 5.74) is -1.54. The van der Waals surface area contributed by atoms with Crippen molar-refractivity contribution in [1.29, 1.82) is 0 Å². The zero-order valence-corrected chi connectivity index (χ0v) is 7.71. The Morgan fingerprint density at radius 2 is 2.15 bits per heavy atom. The van der Waals surface area contributed by atoms with Gasteiger partial charge < -0.3 is 9.84 Å². The summed E-state index contributed by atoms with van der Waals surface area (Å²) in [4.78, 5) is 21.7. The predicted molar refractivity (Wildman–Crippen MR) is 44.8 cm³/mol. The van der Waals surface area contributed by atoms with E-state index in [2.05, 4.69) is 4.74 Å². The van der Waals surface area contributed by atoms with E-state index in [1.807, 2.05) is 6.92 Å². The molecular weight excluding hydrogens is 172 g/mol. The van der Waals surface area contributed by atoms with Crippen LogP contribution < -0.4 is 0 Å². The molecule has 74 valence electrons. The van der Waals surface area contributed by atoms with Crippen LogP contribution in [-0.4, -0.2) is 22.6 Å². The van der Waals surface area contributed by atoms with E-state index in [4.69, 9.17) is 0 Å². The van der Waals surface area contributed by atoms with Crippen LogP contribution in [0.1, 0.15) is 39.0 Å². The average molecular weight is 186 g/mol. The minimum atomic E-state index is -1.54. The molecule has 0 aliphatic carbocycles. The number of hydrogen-bond acceptors (Lipinski definition) is 4. The van der Waals surface area contributed by atoms with Crippen LogP contribution in [-0.2, 0) is 14.3 Å². The van der Waals surface area contributed by atoms with E-state index in [0.29, 0.717) is 6.42 Å². The zero-order valence-electron chi connectivity index (χ0n) is 7.71. The molecule has 0 aromatic heterocycles. The highest BCUT2D eigenvalue weighted by atomic mass is 16.6. The number of esters is 2. The minimum absolute atomic E-state index is 0.185. The third kappa shape index (κ3) is 2.28. The van der Waals surface area contributed by atoms with Gasteiger partial charge in [0.15, 0.2) is 5.60 Å². The zero-order chi connectivity index (χ0) is 9.90. The van der Waals surface area contributed by atoms with Crippen molar-refractivity contribution in [3.8, 4) is 0 Å². The quantitative estimate of drug-likeness (QED) is 0.400. The lowest BCUT2D eigenvalue weighted by Gasteiger charge is -2.15. The third-order valence-electron chi connectivity index (χ3n) is 2.22. The Balaban J connectivity index is 2.46. The largest absolute Gasteiger partial charge is 0.391 e. The van der Waals surface area contributed by atoms with Gasteiger partial charge in [0.1, 0.15) is 0 Å².